The topological polar surface area (TPSA) is 50.7 Å². The molecular formula is C14H16Br2N4. The molecule has 2 heterocycles. The first-order chi connectivity index (χ1) is 9.52. The molecule has 0 fully saturated rings. The van der Waals surface area contributed by atoms with Crippen molar-refractivity contribution >= 4 is 31.9 Å². The van der Waals surface area contributed by atoms with Crippen LogP contribution < -0.4 is 5.32 Å². The summed E-state index contributed by atoms with van der Waals surface area (Å²) in [4.78, 5) is 13.6. The lowest BCUT2D eigenvalue weighted by molar-refractivity contribution is 0.711. The summed E-state index contributed by atoms with van der Waals surface area (Å²) in [5.41, 5.74) is 3.90. The molecule has 0 aromatic carbocycles. The summed E-state index contributed by atoms with van der Waals surface area (Å²) in [6, 6.07) is 1.95. The predicted molar refractivity (Wildman–Crippen MR) is 87.5 cm³/mol. The molecule has 0 spiro atoms. The van der Waals surface area contributed by atoms with Crippen LogP contribution in [0.2, 0.25) is 0 Å². The highest BCUT2D eigenvalue weighted by atomic mass is 79.9. The summed E-state index contributed by atoms with van der Waals surface area (Å²) in [5, 5.41) is 3.31. The van der Waals surface area contributed by atoms with E-state index in [1.54, 1.807) is 6.20 Å². The van der Waals surface area contributed by atoms with Crippen molar-refractivity contribution in [3.8, 4) is 11.5 Å². The molecule has 2 aromatic heterocycles. The molecule has 0 atom stereocenters. The summed E-state index contributed by atoms with van der Waals surface area (Å²) in [5.74, 6) is 0.652. The van der Waals surface area contributed by atoms with Gasteiger partial charge in [0, 0.05) is 38.6 Å². The van der Waals surface area contributed by atoms with Crippen molar-refractivity contribution in [2.24, 2.45) is 0 Å². The Morgan fingerprint density at radius 3 is 2.35 bits per heavy atom. The summed E-state index contributed by atoms with van der Waals surface area (Å²) in [6.45, 7) is 7.84. The maximum Gasteiger partial charge on any atom is 0.179 e. The van der Waals surface area contributed by atoms with Gasteiger partial charge in [-0.1, -0.05) is 6.92 Å². The number of halogens is 2. The van der Waals surface area contributed by atoms with Gasteiger partial charge in [0.1, 0.15) is 5.69 Å². The van der Waals surface area contributed by atoms with Gasteiger partial charge in [0.25, 0.3) is 0 Å². The molecule has 4 nitrogen and oxygen atoms in total. The number of pyridine rings is 1. The van der Waals surface area contributed by atoms with E-state index in [2.05, 4.69) is 59.1 Å². The number of nitrogens with one attached hydrogen (secondary N) is 1. The number of aromatic nitrogens is 3. The van der Waals surface area contributed by atoms with Crippen molar-refractivity contribution in [2.75, 3.05) is 6.54 Å². The number of hydrogen-bond donors (Lipinski definition) is 1. The van der Waals surface area contributed by atoms with E-state index in [1.165, 1.54) is 0 Å². The van der Waals surface area contributed by atoms with Crippen LogP contribution in [0.3, 0.4) is 0 Å². The highest BCUT2D eigenvalue weighted by molar-refractivity contribution is 9.11. The lowest BCUT2D eigenvalue weighted by atomic mass is 10.1. The molecule has 0 aliphatic heterocycles. The van der Waals surface area contributed by atoms with E-state index < -0.39 is 0 Å². The van der Waals surface area contributed by atoms with Crippen molar-refractivity contribution in [3.05, 3.63) is 38.2 Å². The molecule has 0 radical (unpaired) electrons. The van der Waals surface area contributed by atoms with Crippen molar-refractivity contribution in [1.29, 1.82) is 0 Å². The van der Waals surface area contributed by atoms with E-state index in [0.717, 1.165) is 44.7 Å². The monoisotopic (exact) mass is 398 g/mol. The highest BCUT2D eigenvalue weighted by Crippen LogP contribution is 2.27. The van der Waals surface area contributed by atoms with E-state index >= 15 is 0 Å². The Morgan fingerprint density at radius 2 is 1.80 bits per heavy atom. The highest BCUT2D eigenvalue weighted by Gasteiger charge is 2.13. The average Bonchev–Trinajstić information content (AvgIpc) is 2.37. The molecule has 0 saturated carbocycles. The predicted octanol–water partition coefficient (Wildman–Crippen LogP) is 3.79. The molecule has 106 valence electrons. The molecule has 0 bridgehead atoms. The Balaban J connectivity index is 2.44. The fourth-order valence-corrected chi connectivity index (χ4v) is 3.10. The quantitative estimate of drug-likeness (QED) is 0.849. The zero-order chi connectivity index (χ0) is 14.7. The Hall–Kier alpha value is -0.850. The smallest absolute Gasteiger partial charge is 0.179 e. The molecule has 0 unspecified atom stereocenters. The standard InChI is InChI=1S/C14H16Br2N4/c1-4-17-7-11-8(2)19-14(20-9(11)3)13-12(16)5-10(15)6-18-13/h5-6,17H,4,7H2,1-3H3. The van der Waals surface area contributed by atoms with Crippen molar-refractivity contribution < 1.29 is 0 Å². The van der Waals surface area contributed by atoms with Crippen LogP contribution in [-0.2, 0) is 6.54 Å². The SMILES string of the molecule is CCNCc1c(C)nc(-c2ncc(Br)cc2Br)nc1C. The minimum Gasteiger partial charge on any atom is -0.313 e. The molecule has 1 N–H and O–H groups in total. The van der Waals surface area contributed by atoms with Crippen LogP contribution in [0.4, 0.5) is 0 Å². The Labute approximate surface area is 135 Å². The zero-order valence-electron chi connectivity index (χ0n) is 11.7. The van der Waals surface area contributed by atoms with E-state index in [9.17, 15) is 0 Å². The van der Waals surface area contributed by atoms with E-state index in [0.29, 0.717) is 5.82 Å². The normalized spacial score (nSPS) is 10.8. The van der Waals surface area contributed by atoms with Gasteiger partial charge in [-0.25, -0.2) is 9.97 Å². The van der Waals surface area contributed by atoms with Gasteiger partial charge >= 0.3 is 0 Å². The van der Waals surface area contributed by atoms with E-state index in [1.807, 2.05) is 19.9 Å². The molecule has 0 amide bonds. The summed E-state index contributed by atoms with van der Waals surface area (Å²) < 4.78 is 1.80. The van der Waals surface area contributed by atoms with Crippen LogP contribution >= 0.6 is 31.9 Å². The average molecular weight is 400 g/mol. The maximum atomic E-state index is 4.59. The van der Waals surface area contributed by atoms with Gasteiger partial charge in [0.05, 0.1) is 0 Å². The van der Waals surface area contributed by atoms with Crippen LogP contribution in [0.25, 0.3) is 11.5 Å². The third-order valence-electron chi connectivity index (χ3n) is 2.99. The fraction of sp³-hybridized carbons (Fsp3) is 0.357. The molecule has 6 heteroatoms. The number of rotatable bonds is 4. The van der Waals surface area contributed by atoms with Crippen LogP contribution in [0.5, 0.6) is 0 Å². The lowest BCUT2D eigenvalue weighted by Crippen LogP contribution is -2.15. The van der Waals surface area contributed by atoms with Gasteiger partial charge in [0.2, 0.25) is 0 Å². The lowest BCUT2D eigenvalue weighted by Gasteiger charge is -2.11. The number of nitrogens with zero attached hydrogens (tertiary/aromatic N) is 3. The zero-order valence-corrected chi connectivity index (χ0v) is 14.8. The third-order valence-corrected chi connectivity index (χ3v) is 4.03. The second-order valence-corrected chi connectivity index (χ2v) is 6.23. The molecule has 0 saturated heterocycles. The van der Waals surface area contributed by atoms with Crippen molar-refractivity contribution in [3.63, 3.8) is 0 Å². The van der Waals surface area contributed by atoms with Crippen LogP contribution in [0, 0.1) is 13.8 Å². The third kappa shape index (κ3) is 3.42. The van der Waals surface area contributed by atoms with Crippen LogP contribution in [0.1, 0.15) is 23.9 Å². The van der Waals surface area contributed by atoms with Crippen molar-refractivity contribution in [2.45, 2.75) is 27.3 Å². The van der Waals surface area contributed by atoms with Crippen LogP contribution in [0.15, 0.2) is 21.2 Å². The molecular weight excluding hydrogens is 384 g/mol. The minimum atomic E-state index is 0.652. The molecule has 20 heavy (non-hydrogen) atoms. The summed E-state index contributed by atoms with van der Waals surface area (Å²) in [7, 11) is 0. The molecule has 0 aliphatic carbocycles. The first kappa shape index (κ1) is 15.5. The molecule has 2 rings (SSSR count). The largest absolute Gasteiger partial charge is 0.313 e. The van der Waals surface area contributed by atoms with Gasteiger partial charge in [-0.05, 0) is 58.3 Å². The van der Waals surface area contributed by atoms with Gasteiger partial charge in [-0.3, -0.25) is 4.98 Å². The minimum absolute atomic E-state index is 0.652. The fourth-order valence-electron chi connectivity index (χ4n) is 1.93. The van der Waals surface area contributed by atoms with Gasteiger partial charge < -0.3 is 5.32 Å². The maximum absolute atomic E-state index is 4.59. The van der Waals surface area contributed by atoms with Crippen molar-refractivity contribution in [1.82, 2.24) is 20.3 Å². The summed E-state index contributed by atoms with van der Waals surface area (Å²) >= 11 is 6.90. The first-order valence-corrected chi connectivity index (χ1v) is 7.97. The van der Waals surface area contributed by atoms with Gasteiger partial charge in [-0.2, -0.15) is 0 Å². The Bertz CT molecular complexity index is 606. The number of aryl methyl sites for hydroxylation is 2. The van der Waals surface area contributed by atoms with E-state index in [-0.39, 0.29) is 0 Å². The summed E-state index contributed by atoms with van der Waals surface area (Å²) in [6.07, 6.45) is 1.75. The van der Waals surface area contributed by atoms with Gasteiger partial charge in [-0.15, -0.1) is 0 Å². The van der Waals surface area contributed by atoms with E-state index in [4.69, 9.17) is 0 Å². The Kier molecular flexibility index (Phi) is 5.23. The second kappa shape index (κ2) is 6.74. The molecule has 0 aliphatic rings. The first-order valence-electron chi connectivity index (χ1n) is 6.39. The second-order valence-electron chi connectivity index (χ2n) is 4.46. The number of hydrogen-bond acceptors (Lipinski definition) is 4. The van der Waals surface area contributed by atoms with Gasteiger partial charge in [0.15, 0.2) is 5.82 Å². The molecule has 2 aromatic rings. The van der Waals surface area contributed by atoms with Crippen LogP contribution in [-0.4, -0.2) is 21.5 Å². The Morgan fingerprint density at radius 1 is 1.15 bits per heavy atom.